The number of halogens is 1. The Labute approximate surface area is 153 Å². The van der Waals surface area contributed by atoms with Gasteiger partial charge in [0.15, 0.2) is 0 Å². The number of amides is 1. The van der Waals surface area contributed by atoms with Crippen molar-refractivity contribution in [3.05, 3.63) is 51.2 Å². The summed E-state index contributed by atoms with van der Waals surface area (Å²) < 4.78 is 5.57. The number of non-ortho nitro benzene ring substituents is 1. The average Bonchev–Trinajstić information content (AvgIpc) is 3.24. The third-order valence-corrected chi connectivity index (χ3v) is 4.16. The number of furan rings is 1. The summed E-state index contributed by atoms with van der Waals surface area (Å²) in [7, 11) is 0. The third-order valence-electron chi connectivity index (χ3n) is 3.83. The van der Waals surface area contributed by atoms with Crippen LogP contribution in [0.1, 0.15) is 19.1 Å². The minimum atomic E-state index is -0.507. The van der Waals surface area contributed by atoms with Gasteiger partial charge >= 0.3 is 0 Å². The van der Waals surface area contributed by atoms with Gasteiger partial charge in [-0.05, 0) is 31.5 Å². The monoisotopic (exact) mass is 377 g/mol. The standard InChI is InChI=1S/C16H16ClN5O4/c1-9-6-14(20-19-9)16(23)21-18-8-11-3-5-15(26-11)12-7-10(22(24)25)2-4-13(12)17/h2-5,7-9,14,19-20H,6H2,1H3,(H,21,23)/b18-8+. The smallest absolute Gasteiger partial charge is 0.270 e. The van der Waals surface area contributed by atoms with E-state index in [4.69, 9.17) is 16.0 Å². The molecule has 2 heterocycles. The Hall–Kier alpha value is -2.75. The van der Waals surface area contributed by atoms with Gasteiger partial charge in [-0.3, -0.25) is 20.3 Å². The Bertz CT molecular complexity index is 866. The van der Waals surface area contributed by atoms with Crippen LogP contribution in [0.4, 0.5) is 5.69 Å². The molecule has 0 aliphatic carbocycles. The Morgan fingerprint density at radius 3 is 2.92 bits per heavy atom. The zero-order valence-electron chi connectivity index (χ0n) is 13.7. The number of nitro benzene ring substituents is 1. The lowest BCUT2D eigenvalue weighted by Gasteiger charge is -2.05. The lowest BCUT2D eigenvalue weighted by Crippen LogP contribution is -2.41. The molecule has 10 heteroatoms. The minimum absolute atomic E-state index is 0.0878. The predicted octanol–water partition coefficient (Wildman–Crippen LogP) is 2.21. The molecule has 1 aromatic heterocycles. The van der Waals surface area contributed by atoms with Gasteiger partial charge in [-0.2, -0.15) is 5.10 Å². The Morgan fingerprint density at radius 2 is 2.23 bits per heavy atom. The molecule has 1 aliphatic heterocycles. The summed E-state index contributed by atoms with van der Waals surface area (Å²) in [5.41, 5.74) is 8.57. The fourth-order valence-electron chi connectivity index (χ4n) is 2.51. The van der Waals surface area contributed by atoms with Crippen molar-refractivity contribution in [3.63, 3.8) is 0 Å². The van der Waals surface area contributed by atoms with Crippen LogP contribution < -0.4 is 16.3 Å². The van der Waals surface area contributed by atoms with E-state index in [9.17, 15) is 14.9 Å². The van der Waals surface area contributed by atoms with E-state index in [0.717, 1.165) is 0 Å². The van der Waals surface area contributed by atoms with E-state index in [1.807, 2.05) is 6.92 Å². The van der Waals surface area contributed by atoms with Gasteiger partial charge in [-0.25, -0.2) is 10.9 Å². The minimum Gasteiger partial charge on any atom is -0.455 e. The lowest BCUT2D eigenvalue weighted by atomic mass is 10.1. The summed E-state index contributed by atoms with van der Waals surface area (Å²) in [6.45, 7) is 1.97. The van der Waals surface area contributed by atoms with Gasteiger partial charge in [0, 0.05) is 23.7 Å². The number of carbonyl (C=O) groups is 1. The van der Waals surface area contributed by atoms with E-state index in [2.05, 4.69) is 21.4 Å². The first kappa shape index (κ1) is 18.1. The Morgan fingerprint density at radius 1 is 1.42 bits per heavy atom. The predicted molar refractivity (Wildman–Crippen MR) is 95.7 cm³/mol. The number of nitrogens with zero attached hydrogens (tertiary/aromatic N) is 2. The van der Waals surface area contributed by atoms with E-state index >= 15 is 0 Å². The summed E-state index contributed by atoms with van der Waals surface area (Å²) in [5.74, 6) is 0.474. The molecule has 3 N–H and O–H groups in total. The van der Waals surface area contributed by atoms with Crippen LogP contribution >= 0.6 is 11.6 Å². The number of hydrogen-bond acceptors (Lipinski definition) is 7. The van der Waals surface area contributed by atoms with Crippen molar-refractivity contribution in [2.24, 2.45) is 5.10 Å². The second-order valence-corrected chi connectivity index (χ2v) is 6.24. The number of nitrogens with one attached hydrogen (secondary N) is 3. The van der Waals surface area contributed by atoms with Crippen LogP contribution in [0.25, 0.3) is 11.3 Å². The zero-order valence-corrected chi connectivity index (χ0v) is 14.5. The average molecular weight is 378 g/mol. The zero-order chi connectivity index (χ0) is 18.7. The molecule has 1 aromatic carbocycles. The fraction of sp³-hybridized carbons (Fsp3) is 0.250. The summed E-state index contributed by atoms with van der Waals surface area (Å²) in [5, 5.41) is 15.1. The maximum atomic E-state index is 11.9. The summed E-state index contributed by atoms with van der Waals surface area (Å²) in [6.07, 6.45) is 2.01. The fourth-order valence-corrected chi connectivity index (χ4v) is 2.72. The summed E-state index contributed by atoms with van der Waals surface area (Å²) in [6, 6.07) is 7.20. The van der Waals surface area contributed by atoms with Crippen LogP contribution in [0, 0.1) is 10.1 Å². The molecule has 0 radical (unpaired) electrons. The molecule has 2 atom stereocenters. The highest BCUT2D eigenvalue weighted by Crippen LogP contribution is 2.32. The summed E-state index contributed by atoms with van der Waals surface area (Å²) in [4.78, 5) is 22.3. The first-order valence-electron chi connectivity index (χ1n) is 7.82. The van der Waals surface area contributed by atoms with Crippen molar-refractivity contribution in [1.29, 1.82) is 0 Å². The molecule has 1 saturated heterocycles. The molecule has 0 spiro atoms. The van der Waals surface area contributed by atoms with Crippen LogP contribution in [-0.4, -0.2) is 29.1 Å². The van der Waals surface area contributed by atoms with Crippen LogP contribution in [0.5, 0.6) is 0 Å². The van der Waals surface area contributed by atoms with Gasteiger partial charge in [0.25, 0.3) is 11.6 Å². The second-order valence-electron chi connectivity index (χ2n) is 5.84. The molecule has 1 fully saturated rings. The van der Waals surface area contributed by atoms with Crippen molar-refractivity contribution >= 4 is 29.4 Å². The Balaban J connectivity index is 1.67. The van der Waals surface area contributed by atoms with Gasteiger partial charge in [0.2, 0.25) is 0 Å². The van der Waals surface area contributed by atoms with E-state index in [0.29, 0.717) is 28.5 Å². The van der Waals surface area contributed by atoms with E-state index < -0.39 is 4.92 Å². The quantitative estimate of drug-likeness (QED) is 0.417. The number of benzene rings is 1. The van der Waals surface area contributed by atoms with Gasteiger partial charge in [0.1, 0.15) is 17.6 Å². The molecule has 2 aromatic rings. The maximum Gasteiger partial charge on any atom is 0.270 e. The van der Waals surface area contributed by atoms with Crippen molar-refractivity contribution < 1.29 is 14.1 Å². The van der Waals surface area contributed by atoms with E-state index in [1.165, 1.54) is 24.4 Å². The highest BCUT2D eigenvalue weighted by atomic mass is 35.5. The number of hydrazine groups is 1. The number of rotatable bonds is 5. The molecular formula is C16H16ClN5O4. The van der Waals surface area contributed by atoms with Gasteiger partial charge in [-0.15, -0.1) is 0 Å². The first-order chi connectivity index (χ1) is 12.4. The molecule has 136 valence electrons. The van der Waals surface area contributed by atoms with Gasteiger partial charge in [-0.1, -0.05) is 11.6 Å². The molecule has 0 saturated carbocycles. The van der Waals surface area contributed by atoms with Crippen molar-refractivity contribution in [2.75, 3.05) is 0 Å². The normalized spacial score (nSPS) is 19.8. The number of hydrogen-bond donors (Lipinski definition) is 3. The molecule has 1 aliphatic rings. The molecule has 26 heavy (non-hydrogen) atoms. The van der Waals surface area contributed by atoms with E-state index in [1.54, 1.807) is 12.1 Å². The van der Waals surface area contributed by atoms with Crippen LogP contribution in [0.15, 0.2) is 39.9 Å². The van der Waals surface area contributed by atoms with Gasteiger partial charge < -0.3 is 4.42 Å². The highest BCUT2D eigenvalue weighted by Gasteiger charge is 2.26. The molecule has 9 nitrogen and oxygen atoms in total. The van der Waals surface area contributed by atoms with E-state index in [-0.39, 0.29) is 23.7 Å². The maximum absolute atomic E-state index is 11.9. The van der Waals surface area contributed by atoms with Crippen LogP contribution in [-0.2, 0) is 4.79 Å². The topological polar surface area (TPSA) is 122 Å². The molecule has 3 rings (SSSR count). The SMILES string of the molecule is CC1CC(C(=O)N/N=C/c2ccc(-c3cc([N+](=O)[O-])ccc3Cl)o2)NN1. The largest absolute Gasteiger partial charge is 0.455 e. The van der Waals surface area contributed by atoms with Crippen LogP contribution in [0.3, 0.4) is 0 Å². The number of nitro groups is 1. The third kappa shape index (κ3) is 4.07. The molecule has 0 bridgehead atoms. The Kier molecular flexibility index (Phi) is 5.31. The van der Waals surface area contributed by atoms with Crippen molar-refractivity contribution in [3.8, 4) is 11.3 Å². The second kappa shape index (κ2) is 7.65. The molecular weight excluding hydrogens is 362 g/mol. The number of carbonyl (C=O) groups excluding carboxylic acids is 1. The summed E-state index contributed by atoms with van der Waals surface area (Å²) >= 11 is 6.09. The van der Waals surface area contributed by atoms with Crippen molar-refractivity contribution in [2.45, 2.75) is 25.4 Å². The highest BCUT2D eigenvalue weighted by molar-refractivity contribution is 6.33. The molecule has 2 unspecified atom stereocenters. The van der Waals surface area contributed by atoms with Gasteiger partial charge in [0.05, 0.1) is 16.2 Å². The van der Waals surface area contributed by atoms with Crippen molar-refractivity contribution in [1.82, 2.24) is 16.3 Å². The lowest BCUT2D eigenvalue weighted by molar-refractivity contribution is -0.384. The molecule has 1 amide bonds. The first-order valence-corrected chi connectivity index (χ1v) is 8.20. The number of hydrazone groups is 1. The van der Waals surface area contributed by atoms with Crippen LogP contribution in [0.2, 0.25) is 5.02 Å².